The van der Waals surface area contributed by atoms with Gasteiger partial charge in [-0.1, -0.05) is 55.3 Å². The monoisotopic (exact) mass is 231 g/mol. The highest BCUT2D eigenvalue weighted by Gasteiger charge is 2.03. The summed E-state index contributed by atoms with van der Waals surface area (Å²) in [6, 6.07) is 8.79. The van der Waals surface area contributed by atoms with E-state index in [0.717, 1.165) is 19.5 Å². The van der Waals surface area contributed by atoms with Crippen LogP contribution in [0.1, 0.15) is 37.8 Å². The fraction of sp³-hybridized carbons (Fsp3) is 0.500. The van der Waals surface area contributed by atoms with Crippen molar-refractivity contribution in [2.45, 2.75) is 40.0 Å². The molecular formula is C16H25N. The van der Waals surface area contributed by atoms with Crippen molar-refractivity contribution in [1.29, 1.82) is 0 Å². The Bertz CT molecular complexity index is 344. The Labute approximate surface area is 106 Å². The molecule has 0 saturated carbocycles. The van der Waals surface area contributed by atoms with Crippen molar-refractivity contribution in [3.63, 3.8) is 0 Å². The minimum atomic E-state index is 1.09. The van der Waals surface area contributed by atoms with Crippen LogP contribution in [-0.4, -0.2) is 13.1 Å². The van der Waals surface area contributed by atoms with Crippen LogP contribution < -0.4 is 5.32 Å². The van der Waals surface area contributed by atoms with E-state index in [-0.39, 0.29) is 0 Å². The summed E-state index contributed by atoms with van der Waals surface area (Å²) in [6.45, 7) is 8.46. The van der Waals surface area contributed by atoms with Gasteiger partial charge in [-0.3, -0.25) is 0 Å². The van der Waals surface area contributed by atoms with E-state index >= 15 is 0 Å². The van der Waals surface area contributed by atoms with Crippen LogP contribution >= 0.6 is 0 Å². The van der Waals surface area contributed by atoms with Gasteiger partial charge in [0, 0.05) is 0 Å². The van der Waals surface area contributed by atoms with Gasteiger partial charge in [-0.25, -0.2) is 0 Å². The third-order valence-electron chi connectivity index (χ3n) is 2.95. The second-order valence-corrected chi connectivity index (χ2v) is 4.31. The van der Waals surface area contributed by atoms with E-state index in [4.69, 9.17) is 0 Å². The molecular weight excluding hydrogens is 206 g/mol. The Morgan fingerprint density at radius 2 is 1.88 bits per heavy atom. The minimum Gasteiger partial charge on any atom is -0.316 e. The molecule has 0 bridgehead atoms. The first-order valence-electron chi connectivity index (χ1n) is 6.79. The van der Waals surface area contributed by atoms with Crippen LogP contribution in [0.3, 0.4) is 0 Å². The number of nitrogens with one attached hydrogen (secondary N) is 1. The topological polar surface area (TPSA) is 12.0 Å². The van der Waals surface area contributed by atoms with Gasteiger partial charge in [-0.15, -0.1) is 0 Å². The smallest absolute Gasteiger partial charge is 0.00115 e. The zero-order valence-electron chi connectivity index (χ0n) is 11.4. The molecule has 17 heavy (non-hydrogen) atoms. The van der Waals surface area contributed by atoms with E-state index in [1.54, 1.807) is 5.57 Å². The molecule has 1 heteroatoms. The van der Waals surface area contributed by atoms with E-state index in [9.17, 15) is 0 Å². The number of allylic oxidation sites excluding steroid dienone is 1. The summed E-state index contributed by atoms with van der Waals surface area (Å²) in [5, 5.41) is 3.38. The fourth-order valence-corrected chi connectivity index (χ4v) is 2.05. The zero-order valence-corrected chi connectivity index (χ0v) is 11.4. The third-order valence-corrected chi connectivity index (χ3v) is 2.95. The lowest BCUT2D eigenvalue weighted by Gasteiger charge is -2.15. The summed E-state index contributed by atoms with van der Waals surface area (Å²) < 4.78 is 0. The summed E-state index contributed by atoms with van der Waals surface area (Å²) >= 11 is 0. The first-order valence-corrected chi connectivity index (χ1v) is 6.79. The maximum absolute atomic E-state index is 3.38. The highest BCUT2D eigenvalue weighted by atomic mass is 14.9. The molecule has 0 spiro atoms. The van der Waals surface area contributed by atoms with Crippen molar-refractivity contribution in [3.05, 3.63) is 47.0 Å². The molecule has 1 aromatic carbocycles. The molecule has 94 valence electrons. The Balaban J connectivity index is 0.000000686. The Morgan fingerprint density at radius 3 is 2.53 bits per heavy atom. The molecule has 0 amide bonds. The second-order valence-electron chi connectivity index (χ2n) is 4.31. The van der Waals surface area contributed by atoms with Gasteiger partial charge in [-0.2, -0.15) is 0 Å². The average molecular weight is 231 g/mol. The van der Waals surface area contributed by atoms with Crippen LogP contribution in [-0.2, 0) is 6.42 Å². The SMILES string of the molecule is CC.Cc1cccc(CC=C2CCNCC2)c1. The van der Waals surface area contributed by atoms with Crippen LogP contribution in [0.2, 0.25) is 0 Å². The molecule has 0 aliphatic carbocycles. The molecule has 0 atom stereocenters. The first kappa shape index (κ1) is 14.0. The van der Waals surface area contributed by atoms with E-state index in [2.05, 4.69) is 42.6 Å². The number of piperidine rings is 1. The molecule has 0 aromatic heterocycles. The Kier molecular flexibility index (Phi) is 6.64. The van der Waals surface area contributed by atoms with E-state index in [1.807, 2.05) is 13.8 Å². The highest BCUT2D eigenvalue weighted by Crippen LogP contribution is 2.12. The number of hydrogen-bond acceptors (Lipinski definition) is 1. The van der Waals surface area contributed by atoms with Crippen molar-refractivity contribution < 1.29 is 0 Å². The predicted molar refractivity (Wildman–Crippen MR) is 76.4 cm³/mol. The number of aryl methyl sites for hydroxylation is 1. The molecule has 1 aliphatic heterocycles. The van der Waals surface area contributed by atoms with Gasteiger partial charge in [0.15, 0.2) is 0 Å². The molecule has 1 heterocycles. The zero-order chi connectivity index (χ0) is 12.5. The molecule has 1 saturated heterocycles. The lowest BCUT2D eigenvalue weighted by molar-refractivity contribution is 0.608. The quantitative estimate of drug-likeness (QED) is 0.762. The molecule has 0 unspecified atom stereocenters. The molecule has 1 N–H and O–H groups in total. The number of benzene rings is 1. The maximum Gasteiger partial charge on any atom is -0.00115 e. The molecule has 1 fully saturated rings. The summed E-state index contributed by atoms with van der Waals surface area (Å²) in [7, 11) is 0. The molecule has 1 aromatic rings. The van der Waals surface area contributed by atoms with Crippen molar-refractivity contribution in [2.75, 3.05) is 13.1 Å². The minimum absolute atomic E-state index is 1.09. The van der Waals surface area contributed by atoms with Crippen LogP contribution in [0.25, 0.3) is 0 Å². The summed E-state index contributed by atoms with van der Waals surface area (Å²) in [6.07, 6.45) is 5.96. The van der Waals surface area contributed by atoms with Crippen molar-refractivity contribution in [3.8, 4) is 0 Å². The Hall–Kier alpha value is -1.08. The summed E-state index contributed by atoms with van der Waals surface area (Å²) in [5.41, 5.74) is 4.41. The van der Waals surface area contributed by atoms with Gasteiger partial charge < -0.3 is 5.32 Å². The van der Waals surface area contributed by atoms with Crippen LogP contribution in [0.15, 0.2) is 35.9 Å². The molecule has 1 aliphatic rings. The number of hydrogen-bond donors (Lipinski definition) is 1. The van der Waals surface area contributed by atoms with Crippen LogP contribution in [0.4, 0.5) is 0 Å². The number of rotatable bonds is 2. The van der Waals surface area contributed by atoms with Gasteiger partial charge in [0.25, 0.3) is 0 Å². The van der Waals surface area contributed by atoms with E-state index in [1.165, 1.54) is 24.0 Å². The average Bonchev–Trinajstić information content (AvgIpc) is 2.40. The standard InChI is InChI=1S/C14H19N.C2H6/c1-12-3-2-4-14(11-12)6-5-13-7-9-15-10-8-13;1-2/h2-5,11,15H,6-10H2,1H3;1-2H3. The third kappa shape index (κ3) is 5.18. The molecule has 2 rings (SSSR count). The van der Waals surface area contributed by atoms with Gasteiger partial charge in [0.05, 0.1) is 0 Å². The summed E-state index contributed by atoms with van der Waals surface area (Å²) in [4.78, 5) is 0. The first-order chi connectivity index (χ1) is 8.34. The maximum atomic E-state index is 3.38. The normalized spacial score (nSPS) is 14.9. The van der Waals surface area contributed by atoms with Crippen LogP contribution in [0, 0.1) is 6.92 Å². The van der Waals surface area contributed by atoms with Crippen molar-refractivity contribution in [1.82, 2.24) is 5.32 Å². The van der Waals surface area contributed by atoms with E-state index < -0.39 is 0 Å². The van der Waals surface area contributed by atoms with Gasteiger partial charge in [0.1, 0.15) is 0 Å². The van der Waals surface area contributed by atoms with Crippen molar-refractivity contribution in [2.24, 2.45) is 0 Å². The van der Waals surface area contributed by atoms with Gasteiger partial charge in [0.2, 0.25) is 0 Å². The largest absolute Gasteiger partial charge is 0.316 e. The lowest BCUT2D eigenvalue weighted by Crippen LogP contribution is -2.23. The highest BCUT2D eigenvalue weighted by molar-refractivity contribution is 5.25. The predicted octanol–water partition coefficient (Wildman–Crippen LogP) is 3.87. The van der Waals surface area contributed by atoms with Crippen LogP contribution in [0.5, 0.6) is 0 Å². The fourth-order valence-electron chi connectivity index (χ4n) is 2.05. The Morgan fingerprint density at radius 1 is 1.18 bits per heavy atom. The lowest BCUT2D eigenvalue weighted by atomic mass is 10.0. The molecule has 0 radical (unpaired) electrons. The second kappa shape index (κ2) is 8.08. The molecule has 1 nitrogen and oxygen atoms in total. The summed E-state index contributed by atoms with van der Waals surface area (Å²) in [5.74, 6) is 0. The van der Waals surface area contributed by atoms with Crippen molar-refractivity contribution >= 4 is 0 Å². The van der Waals surface area contributed by atoms with E-state index in [0.29, 0.717) is 0 Å². The van der Waals surface area contributed by atoms with Gasteiger partial charge >= 0.3 is 0 Å². The van der Waals surface area contributed by atoms with Gasteiger partial charge in [-0.05, 0) is 44.8 Å².